The van der Waals surface area contributed by atoms with Crippen molar-refractivity contribution in [1.82, 2.24) is 0 Å². The zero-order chi connectivity index (χ0) is 14.3. The Morgan fingerprint density at radius 3 is 1.95 bits per heavy atom. The lowest BCUT2D eigenvalue weighted by atomic mass is 10.1. The van der Waals surface area contributed by atoms with Crippen LogP contribution in [-0.2, 0) is 4.79 Å². The van der Waals surface area contributed by atoms with Crippen LogP contribution < -0.4 is 0 Å². The summed E-state index contributed by atoms with van der Waals surface area (Å²) >= 11 is 1.63. The molecule has 0 aromatic carbocycles. The molecule has 1 atom stereocenters. The van der Waals surface area contributed by atoms with Gasteiger partial charge in [0.2, 0.25) is 0 Å². The fourth-order valence-electron chi connectivity index (χ4n) is 2.11. The van der Waals surface area contributed by atoms with Crippen molar-refractivity contribution in [2.24, 2.45) is 0 Å². The van der Waals surface area contributed by atoms with Crippen molar-refractivity contribution in [3.63, 3.8) is 0 Å². The van der Waals surface area contributed by atoms with Crippen LogP contribution in [0.25, 0.3) is 0 Å². The minimum absolute atomic E-state index is 0.174. The molecule has 0 aliphatic carbocycles. The van der Waals surface area contributed by atoms with Crippen molar-refractivity contribution in [2.75, 3.05) is 5.75 Å². The smallest absolute Gasteiger partial charge is 0.316 e. The summed E-state index contributed by atoms with van der Waals surface area (Å²) in [6.07, 6.45) is 13.4. The minimum atomic E-state index is -0.621. The Balaban J connectivity index is 3.45. The zero-order valence-corrected chi connectivity index (χ0v) is 13.6. The summed E-state index contributed by atoms with van der Waals surface area (Å²) in [4.78, 5) is 11.1. The maximum absolute atomic E-state index is 11.1. The van der Waals surface area contributed by atoms with E-state index in [0.717, 1.165) is 31.4 Å². The Hall–Kier alpha value is -0.180. The summed E-state index contributed by atoms with van der Waals surface area (Å²) < 4.78 is 0. The third-order valence-electron chi connectivity index (χ3n) is 3.41. The standard InChI is InChI=1S/C16H32O2S/c1-3-5-7-8-9-10-11-12-13-15(16(17)18)19-14-6-4-2/h15H,3-14H2,1-2H3,(H,17,18). The fourth-order valence-corrected chi connectivity index (χ4v) is 3.33. The Morgan fingerprint density at radius 1 is 0.895 bits per heavy atom. The molecule has 2 nitrogen and oxygen atoms in total. The van der Waals surface area contributed by atoms with Crippen LogP contribution in [-0.4, -0.2) is 22.1 Å². The van der Waals surface area contributed by atoms with E-state index in [-0.39, 0.29) is 5.25 Å². The molecule has 0 saturated heterocycles. The van der Waals surface area contributed by atoms with Gasteiger partial charge in [0.1, 0.15) is 5.25 Å². The number of carboxylic acids is 1. The molecular formula is C16H32O2S. The molecule has 1 unspecified atom stereocenters. The molecule has 0 spiro atoms. The molecule has 0 radical (unpaired) electrons. The summed E-state index contributed by atoms with van der Waals surface area (Å²) in [6.45, 7) is 4.39. The van der Waals surface area contributed by atoms with E-state index in [9.17, 15) is 4.79 Å². The molecule has 0 heterocycles. The van der Waals surface area contributed by atoms with Gasteiger partial charge in [-0.3, -0.25) is 4.79 Å². The van der Waals surface area contributed by atoms with Crippen LogP contribution in [0.5, 0.6) is 0 Å². The summed E-state index contributed by atoms with van der Waals surface area (Å²) in [5, 5.41) is 8.98. The van der Waals surface area contributed by atoms with Gasteiger partial charge in [-0.15, -0.1) is 11.8 Å². The molecule has 0 aliphatic rings. The van der Waals surface area contributed by atoms with Gasteiger partial charge >= 0.3 is 5.97 Å². The highest BCUT2D eigenvalue weighted by molar-refractivity contribution is 8.00. The Kier molecular flexibility index (Phi) is 14.1. The lowest BCUT2D eigenvalue weighted by Crippen LogP contribution is -2.16. The topological polar surface area (TPSA) is 37.3 Å². The minimum Gasteiger partial charge on any atom is -0.480 e. The van der Waals surface area contributed by atoms with E-state index in [4.69, 9.17) is 5.11 Å². The van der Waals surface area contributed by atoms with Crippen molar-refractivity contribution < 1.29 is 9.90 Å². The quantitative estimate of drug-likeness (QED) is 0.429. The Bertz CT molecular complexity index is 207. The Labute approximate surface area is 123 Å². The molecule has 0 bridgehead atoms. The molecule has 0 aromatic rings. The lowest BCUT2D eigenvalue weighted by Gasteiger charge is -2.11. The second-order valence-corrected chi connectivity index (χ2v) is 6.63. The number of hydrogen-bond acceptors (Lipinski definition) is 2. The number of thioether (sulfide) groups is 1. The van der Waals surface area contributed by atoms with Crippen LogP contribution >= 0.6 is 11.8 Å². The molecule has 0 amide bonds. The summed E-state index contributed by atoms with van der Waals surface area (Å²) in [5.41, 5.74) is 0. The first-order valence-corrected chi connectivity index (χ1v) is 9.11. The predicted molar refractivity (Wildman–Crippen MR) is 86.0 cm³/mol. The molecule has 0 rings (SSSR count). The molecule has 19 heavy (non-hydrogen) atoms. The second kappa shape index (κ2) is 14.2. The van der Waals surface area contributed by atoms with Crippen molar-refractivity contribution in [2.45, 2.75) is 89.7 Å². The van der Waals surface area contributed by atoms with Crippen molar-refractivity contribution in [3.8, 4) is 0 Å². The van der Waals surface area contributed by atoms with Gasteiger partial charge in [-0.05, 0) is 18.6 Å². The Morgan fingerprint density at radius 2 is 1.42 bits per heavy atom. The molecule has 0 aromatic heterocycles. The number of unbranched alkanes of at least 4 members (excludes halogenated alkanes) is 8. The van der Waals surface area contributed by atoms with Gasteiger partial charge in [-0.2, -0.15) is 0 Å². The van der Waals surface area contributed by atoms with Crippen LogP contribution in [0.2, 0.25) is 0 Å². The van der Waals surface area contributed by atoms with E-state index in [1.165, 1.54) is 44.9 Å². The number of aliphatic carboxylic acids is 1. The molecule has 3 heteroatoms. The maximum atomic E-state index is 11.1. The normalized spacial score (nSPS) is 12.5. The first kappa shape index (κ1) is 18.8. The fraction of sp³-hybridized carbons (Fsp3) is 0.938. The highest BCUT2D eigenvalue weighted by atomic mass is 32.2. The van der Waals surface area contributed by atoms with Crippen LogP contribution in [0, 0.1) is 0 Å². The third-order valence-corrected chi connectivity index (χ3v) is 4.78. The second-order valence-electron chi connectivity index (χ2n) is 5.31. The van der Waals surface area contributed by atoms with E-state index < -0.39 is 5.97 Å². The highest BCUT2D eigenvalue weighted by Gasteiger charge is 2.16. The van der Waals surface area contributed by atoms with Gasteiger partial charge in [0.15, 0.2) is 0 Å². The zero-order valence-electron chi connectivity index (χ0n) is 12.8. The molecule has 1 N–H and O–H groups in total. The first-order chi connectivity index (χ1) is 9.22. The number of carbonyl (C=O) groups is 1. The van der Waals surface area contributed by atoms with Gasteiger partial charge in [0.25, 0.3) is 0 Å². The van der Waals surface area contributed by atoms with Gasteiger partial charge in [-0.1, -0.05) is 71.6 Å². The average molecular weight is 288 g/mol. The van der Waals surface area contributed by atoms with Crippen molar-refractivity contribution in [1.29, 1.82) is 0 Å². The summed E-state index contributed by atoms with van der Waals surface area (Å²) in [7, 11) is 0. The predicted octanol–water partition coefficient (Wildman–Crippen LogP) is 5.50. The van der Waals surface area contributed by atoms with Crippen LogP contribution in [0.1, 0.15) is 84.5 Å². The van der Waals surface area contributed by atoms with E-state index >= 15 is 0 Å². The van der Waals surface area contributed by atoms with Crippen molar-refractivity contribution >= 4 is 17.7 Å². The lowest BCUT2D eigenvalue weighted by molar-refractivity contribution is -0.136. The van der Waals surface area contributed by atoms with Crippen molar-refractivity contribution in [3.05, 3.63) is 0 Å². The average Bonchev–Trinajstić information content (AvgIpc) is 2.39. The SMILES string of the molecule is CCCCCCCCCCC(SCCCC)C(=O)O. The van der Waals surface area contributed by atoms with E-state index in [0.29, 0.717) is 0 Å². The molecule has 0 fully saturated rings. The molecule has 0 saturated carbocycles. The number of carboxylic acid groups (broad SMARTS) is 1. The summed E-state index contributed by atoms with van der Waals surface area (Å²) in [6, 6.07) is 0. The van der Waals surface area contributed by atoms with E-state index in [1.54, 1.807) is 11.8 Å². The van der Waals surface area contributed by atoms with Gasteiger partial charge < -0.3 is 5.11 Å². The molecule has 0 aliphatic heterocycles. The van der Waals surface area contributed by atoms with Gasteiger partial charge in [-0.25, -0.2) is 0 Å². The highest BCUT2D eigenvalue weighted by Crippen LogP contribution is 2.20. The number of rotatable bonds is 14. The van der Waals surface area contributed by atoms with Gasteiger partial charge in [0, 0.05) is 0 Å². The first-order valence-electron chi connectivity index (χ1n) is 8.06. The number of hydrogen-bond donors (Lipinski definition) is 1. The van der Waals surface area contributed by atoms with Crippen LogP contribution in [0.4, 0.5) is 0 Å². The molecular weight excluding hydrogens is 256 g/mol. The van der Waals surface area contributed by atoms with Crippen LogP contribution in [0.15, 0.2) is 0 Å². The summed E-state index contributed by atoms with van der Waals surface area (Å²) in [5.74, 6) is 0.369. The monoisotopic (exact) mass is 288 g/mol. The van der Waals surface area contributed by atoms with E-state index in [1.807, 2.05) is 0 Å². The van der Waals surface area contributed by atoms with Gasteiger partial charge in [0.05, 0.1) is 0 Å². The third kappa shape index (κ3) is 12.6. The maximum Gasteiger partial charge on any atom is 0.316 e. The molecule has 114 valence electrons. The van der Waals surface area contributed by atoms with E-state index in [2.05, 4.69) is 13.8 Å². The largest absolute Gasteiger partial charge is 0.480 e. The van der Waals surface area contributed by atoms with Crippen LogP contribution in [0.3, 0.4) is 0 Å².